The summed E-state index contributed by atoms with van der Waals surface area (Å²) in [7, 11) is 4.27. The Labute approximate surface area is 281 Å². The lowest BCUT2D eigenvalue weighted by atomic mass is 9.79. The summed E-state index contributed by atoms with van der Waals surface area (Å²) in [5.41, 5.74) is 8.92. The lowest BCUT2D eigenvalue weighted by molar-refractivity contribution is -0.401. The van der Waals surface area contributed by atoms with Crippen molar-refractivity contribution in [3.63, 3.8) is 0 Å². The maximum Gasteiger partial charge on any atom is 0.210 e. The number of carbonyl (C=O) groups is 1. The standard InChI is InChI=1S/C40H37N2O.2C2H6/c1-39(2)35(41(5)32-20-17-27-11-7-9-13-30(27)37(32)39)23-16-26-15-22-34(43)29(25-26)19-24-36-40(3,4)38-31-14-10-8-12-28(31)18-21-33(38)42(36)6;2*1-2/h7-25H,1-6H3;2*1-2H3/q+1;;. The van der Waals surface area contributed by atoms with Gasteiger partial charge in [0.15, 0.2) is 11.5 Å². The second-order valence-corrected chi connectivity index (χ2v) is 13.0. The molecule has 2 aliphatic heterocycles. The summed E-state index contributed by atoms with van der Waals surface area (Å²) < 4.78 is 2.30. The Morgan fingerprint density at radius 2 is 1.28 bits per heavy atom. The number of ketones is 1. The number of anilines is 1. The van der Waals surface area contributed by atoms with Crippen molar-refractivity contribution in [3.8, 4) is 0 Å². The zero-order valence-electron chi connectivity index (χ0n) is 29.8. The van der Waals surface area contributed by atoms with Crippen molar-refractivity contribution in [2.45, 2.75) is 66.2 Å². The summed E-state index contributed by atoms with van der Waals surface area (Å²) in [5.74, 6) is 0.0280. The maximum absolute atomic E-state index is 13.0. The molecule has 0 fully saturated rings. The van der Waals surface area contributed by atoms with Crippen molar-refractivity contribution in [1.82, 2.24) is 0 Å². The Hall–Kier alpha value is -4.76. The third kappa shape index (κ3) is 5.63. The molecule has 2 heterocycles. The van der Waals surface area contributed by atoms with Crippen LogP contribution in [0, 0.1) is 0 Å². The zero-order valence-corrected chi connectivity index (χ0v) is 29.8. The van der Waals surface area contributed by atoms with Gasteiger partial charge in [0.2, 0.25) is 5.69 Å². The van der Waals surface area contributed by atoms with Crippen LogP contribution in [0.25, 0.3) is 21.5 Å². The number of hydrogen-bond acceptors (Lipinski definition) is 2. The SMILES string of the molecule is CC.CC.CN1/C(=C/C=C2C=C(/C=C/C3=[N+](C)c4ccc5ccccc5c4C3(C)C)C=CC/2=O)C(C)(C)c2c1ccc1ccccc21. The molecule has 0 spiro atoms. The number of likely N-dealkylation sites (N-methyl/N-ethyl adjacent to an activating group) is 1. The van der Waals surface area contributed by atoms with Gasteiger partial charge in [0.05, 0.1) is 5.41 Å². The van der Waals surface area contributed by atoms with Gasteiger partial charge in [-0.05, 0) is 89.0 Å². The van der Waals surface area contributed by atoms with E-state index in [0.717, 1.165) is 5.57 Å². The van der Waals surface area contributed by atoms with Crippen molar-refractivity contribution in [3.05, 3.63) is 143 Å². The van der Waals surface area contributed by atoms with Crippen LogP contribution in [0.4, 0.5) is 11.4 Å². The van der Waals surface area contributed by atoms with Crippen LogP contribution in [0.2, 0.25) is 0 Å². The van der Waals surface area contributed by atoms with Gasteiger partial charge in [-0.1, -0.05) is 102 Å². The first kappa shape index (κ1) is 33.6. The summed E-state index contributed by atoms with van der Waals surface area (Å²) in [5, 5.41) is 5.10. The molecule has 3 aliphatic rings. The second-order valence-electron chi connectivity index (χ2n) is 13.0. The van der Waals surface area contributed by atoms with Gasteiger partial charge in [-0.25, -0.2) is 0 Å². The quantitative estimate of drug-likeness (QED) is 0.168. The fourth-order valence-corrected chi connectivity index (χ4v) is 7.53. The number of carbonyl (C=O) groups excluding carboxylic acids is 1. The molecular formula is C44H49N2O+. The van der Waals surface area contributed by atoms with Crippen molar-refractivity contribution >= 4 is 44.4 Å². The minimum Gasteiger partial charge on any atom is -0.347 e. The molecule has 3 heteroatoms. The van der Waals surface area contributed by atoms with Gasteiger partial charge < -0.3 is 4.90 Å². The summed E-state index contributed by atoms with van der Waals surface area (Å²) in [4.78, 5) is 15.3. The fourth-order valence-electron chi connectivity index (χ4n) is 7.53. The van der Waals surface area contributed by atoms with E-state index in [0.29, 0.717) is 5.57 Å². The largest absolute Gasteiger partial charge is 0.347 e. The first-order chi connectivity index (χ1) is 22.6. The minimum absolute atomic E-state index is 0.0280. The van der Waals surface area contributed by atoms with Crippen molar-refractivity contribution < 1.29 is 9.37 Å². The van der Waals surface area contributed by atoms with E-state index in [1.165, 1.54) is 55.5 Å². The van der Waals surface area contributed by atoms with E-state index < -0.39 is 0 Å². The highest BCUT2D eigenvalue weighted by Crippen LogP contribution is 2.50. The topological polar surface area (TPSA) is 23.3 Å². The van der Waals surface area contributed by atoms with Crippen LogP contribution < -0.4 is 4.90 Å². The number of hydrogen-bond donors (Lipinski definition) is 0. The number of benzene rings is 4. The van der Waals surface area contributed by atoms with Gasteiger partial charge in [0.25, 0.3) is 0 Å². The van der Waals surface area contributed by atoms with E-state index >= 15 is 0 Å². The Bertz CT molecular complexity index is 2060. The molecule has 4 aromatic carbocycles. The van der Waals surface area contributed by atoms with Crippen molar-refractivity contribution in [2.24, 2.45) is 0 Å². The molecule has 0 amide bonds. The van der Waals surface area contributed by atoms with E-state index in [1.807, 2.05) is 45.9 Å². The maximum atomic E-state index is 13.0. The molecule has 0 saturated heterocycles. The zero-order chi connectivity index (χ0) is 34.1. The molecule has 47 heavy (non-hydrogen) atoms. The molecule has 0 unspecified atom stereocenters. The van der Waals surface area contributed by atoms with Crippen LogP contribution in [-0.2, 0) is 15.6 Å². The molecule has 7 rings (SSSR count). The highest BCUT2D eigenvalue weighted by atomic mass is 16.1. The van der Waals surface area contributed by atoms with Gasteiger partial charge in [0.1, 0.15) is 7.05 Å². The van der Waals surface area contributed by atoms with Crippen molar-refractivity contribution in [1.29, 1.82) is 0 Å². The van der Waals surface area contributed by atoms with Crippen LogP contribution in [0.3, 0.4) is 0 Å². The van der Waals surface area contributed by atoms with E-state index in [9.17, 15) is 4.79 Å². The first-order valence-electron chi connectivity index (χ1n) is 17.0. The summed E-state index contributed by atoms with van der Waals surface area (Å²) in [6, 6.07) is 26.1. The highest BCUT2D eigenvalue weighted by molar-refractivity contribution is 6.10. The second kappa shape index (κ2) is 13.2. The highest BCUT2D eigenvalue weighted by Gasteiger charge is 2.44. The minimum atomic E-state index is -0.198. The van der Waals surface area contributed by atoms with Crippen LogP contribution in [0.15, 0.2) is 132 Å². The average molecular weight is 622 g/mol. The van der Waals surface area contributed by atoms with Gasteiger partial charge in [-0.3, -0.25) is 4.79 Å². The number of rotatable bonds is 3. The van der Waals surface area contributed by atoms with Gasteiger partial charge >= 0.3 is 0 Å². The molecule has 0 N–H and O–H groups in total. The molecule has 4 aromatic rings. The number of nitrogens with zero attached hydrogens (tertiary/aromatic N) is 2. The molecule has 0 aromatic heterocycles. The van der Waals surface area contributed by atoms with Crippen LogP contribution >= 0.6 is 0 Å². The summed E-state index contributed by atoms with van der Waals surface area (Å²) in [6.45, 7) is 17.2. The third-order valence-corrected chi connectivity index (χ3v) is 9.68. The molecule has 0 bridgehead atoms. The van der Waals surface area contributed by atoms with E-state index in [1.54, 1.807) is 6.08 Å². The Morgan fingerprint density at radius 3 is 1.94 bits per heavy atom. The fraction of sp³-hybridized carbons (Fsp3) is 0.273. The summed E-state index contributed by atoms with van der Waals surface area (Å²) >= 11 is 0. The van der Waals surface area contributed by atoms with E-state index in [2.05, 4.69) is 142 Å². The average Bonchev–Trinajstić information content (AvgIpc) is 3.42. The van der Waals surface area contributed by atoms with Crippen LogP contribution in [-0.4, -0.2) is 30.2 Å². The molecule has 0 atom stereocenters. The van der Waals surface area contributed by atoms with E-state index in [4.69, 9.17) is 0 Å². The molecule has 0 radical (unpaired) electrons. The lowest BCUT2D eigenvalue weighted by Gasteiger charge is -2.24. The van der Waals surface area contributed by atoms with Crippen LogP contribution in [0.5, 0.6) is 0 Å². The Kier molecular flexibility index (Phi) is 9.41. The Balaban J connectivity index is 0.00000105. The van der Waals surface area contributed by atoms with Gasteiger partial charge in [-0.2, -0.15) is 4.58 Å². The Morgan fingerprint density at radius 1 is 0.681 bits per heavy atom. The normalized spacial score (nSPS) is 19.1. The summed E-state index contributed by atoms with van der Waals surface area (Å²) in [6.07, 6.45) is 14.1. The third-order valence-electron chi connectivity index (χ3n) is 9.68. The molecular weight excluding hydrogens is 572 g/mol. The lowest BCUT2D eigenvalue weighted by Crippen LogP contribution is -2.26. The molecule has 0 saturated carbocycles. The van der Waals surface area contributed by atoms with Gasteiger partial charge in [0, 0.05) is 47.1 Å². The first-order valence-corrected chi connectivity index (χ1v) is 17.0. The molecule has 240 valence electrons. The predicted molar refractivity (Wildman–Crippen MR) is 203 cm³/mol. The van der Waals surface area contributed by atoms with Crippen LogP contribution in [0.1, 0.15) is 66.5 Å². The smallest absolute Gasteiger partial charge is 0.210 e. The predicted octanol–water partition coefficient (Wildman–Crippen LogP) is 10.9. The molecule has 3 nitrogen and oxygen atoms in total. The molecule has 1 aliphatic carbocycles. The number of fused-ring (bicyclic) bond motifs is 6. The van der Waals surface area contributed by atoms with E-state index in [-0.39, 0.29) is 16.6 Å². The van der Waals surface area contributed by atoms with Gasteiger partial charge in [-0.15, -0.1) is 0 Å². The number of allylic oxidation sites excluding steroid dienone is 10. The monoisotopic (exact) mass is 621 g/mol. The van der Waals surface area contributed by atoms with Crippen molar-refractivity contribution in [2.75, 3.05) is 19.0 Å².